The van der Waals surface area contributed by atoms with Crippen LogP contribution in [0.5, 0.6) is 0 Å². The molecule has 3 heteroatoms. The van der Waals surface area contributed by atoms with Crippen molar-refractivity contribution in [1.82, 2.24) is 0 Å². The normalized spacial score (nSPS) is 23.6. The predicted molar refractivity (Wildman–Crippen MR) is 78.5 cm³/mol. The van der Waals surface area contributed by atoms with Gasteiger partial charge in [0, 0.05) is 9.37 Å². The summed E-state index contributed by atoms with van der Waals surface area (Å²) in [5.41, 5.74) is 0.526. The minimum absolute atomic E-state index is 0.155. The van der Waals surface area contributed by atoms with Crippen molar-refractivity contribution in [1.29, 1.82) is 5.26 Å². The topological polar surface area (TPSA) is 23.8 Å². The molecule has 2 aliphatic carbocycles. The van der Waals surface area contributed by atoms with E-state index >= 15 is 0 Å². The van der Waals surface area contributed by atoms with Gasteiger partial charge in [-0.3, -0.25) is 0 Å². The van der Waals surface area contributed by atoms with E-state index < -0.39 is 0 Å². The quantitative estimate of drug-likeness (QED) is 0.751. The Labute approximate surface area is 121 Å². The molecule has 1 aromatic rings. The Morgan fingerprint density at radius 3 is 2.28 bits per heavy atom. The van der Waals surface area contributed by atoms with Crippen LogP contribution in [-0.4, -0.2) is 4.75 Å². The maximum Gasteiger partial charge on any atom is 0.108 e. The first-order chi connectivity index (χ1) is 8.65. The molecule has 0 N–H and O–H groups in total. The number of halogens is 1. The Morgan fingerprint density at radius 2 is 1.72 bits per heavy atom. The van der Waals surface area contributed by atoms with Crippen LogP contribution in [0.3, 0.4) is 0 Å². The van der Waals surface area contributed by atoms with E-state index in [1.807, 2.05) is 0 Å². The molecule has 0 bridgehead atoms. The third-order valence-corrected chi connectivity index (χ3v) is 6.12. The van der Waals surface area contributed by atoms with E-state index in [1.54, 1.807) is 11.8 Å². The molecule has 2 aliphatic rings. The summed E-state index contributed by atoms with van der Waals surface area (Å²) >= 11 is 5.21. The first-order valence-electron chi connectivity index (χ1n) is 6.51. The molecule has 1 spiro atoms. The van der Waals surface area contributed by atoms with E-state index in [0.717, 1.165) is 17.3 Å². The molecule has 0 saturated heterocycles. The molecule has 0 radical (unpaired) electrons. The summed E-state index contributed by atoms with van der Waals surface area (Å²) in [6.45, 7) is 0. The monoisotopic (exact) mass is 321 g/mol. The second-order valence-electron chi connectivity index (χ2n) is 5.72. The van der Waals surface area contributed by atoms with Crippen LogP contribution in [0, 0.1) is 16.7 Å². The zero-order chi connectivity index (χ0) is 12.6. The van der Waals surface area contributed by atoms with E-state index in [2.05, 4.69) is 46.3 Å². The molecule has 0 unspecified atom stereocenters. The first kappa shape index (κ1) is 12.6. The molecular formula is C15H16BrNS. The standard InChI is InChI=1S/C15H16BrNS/c16-12-3-5-13(6-4-12)18-15(11-17)9-14(10-15)7-1-2-8-14/h3-6H,1-2,7-10H2. The maximum atomic E-state index is 9.52. The van der Waals surface area contributed by atoms with Gasteiger partial charge in [-0.1, -0.05) is 28.8 Å². The molecule has 1 nitrogen and oxygen atoms in total. The zero-order valence-corrected chi connectivity index (χ0v) is 12.7. The number of hydrogen-bond acceptors (Lipinski definition) is 2. The summed E-state index contributed by atoms with van der Waals surface area (Å²) in [5.74, 6) is 0. The lowest BCUT2D eigenvalue weighted by Gasteiger charge is -2.50. The van der Waals surface area contributed by atoms with Crippen LogP contribution in [-0.2, 0) is 0 Å². The van der Waals surface area contributed by atoms with Gasteiger partial charge in [-0.25, -0.2) is 0 Å². The highest BCUT2D eigenvalue weighted by Crippen LogP contribution is 2.63. The van der Waals surface area contributed by atoms with Crippen molar-refractivity contribution in [3.05, 3.63) is 28.7 Å². The van der Waals surface area contributed by atoms with Crippen molar-refractivity contribution in [3.63, 3.8) is 0 Å². The highest BCUT2D eigenvalue weighted by Gasteiger charge is 2.56. The second-order valence-corrected chi connectivity index (χ2v) is 8.10. The lowest BCUT2D eigenvalue weighted by molar-refractivity contribution is 0.119. The van der Waals surface area contributed by atoms with Crippen molar-refractivity contribution in [2.24, 2.45) is 5.41 Å². The van der Waals surface area contributed by atoms with Gasteiger partial charge in [-0.15, -0.1) is 11.8 Å². The Hall–Kier alpha value is -0.460. The molecule has 0 aliphatic heterocycles. The van der Waals surface area contributed by atoms with Gasteiger partial charge in [-0.05, 0) is 55.4 Å². The summed E-state index contributed by atoms with van der Waals surface area (Å²) < 4.78 is 0.941. The average molecular weight is 322 g/mol. The third kappa shape index (κ3) is 2.21. The maximum absolute atomic E-state index is 9.52. The summed E-state index contributed by atoms with van der Waals surface area (Å²) in [6, 6.07) is 10.9. The molecule has 94 valence electrons. The van der Waals surface area contributed by atoms with Crippen LogP contribution in [0.4, 0.5) is 0 Å². The van der Waals surface area contributed by atoms with Gasteiger partial charge < -0.3 is 0 Å². The van der Waals surface area contributed by atoms with E-state index in [-0.39, 0.29) is 4.75 Å². The molecule has 0 heterocycles. The molecule has 0 aromatic heterocycles. The highest BCUT2D eigenvalue weighted by molar-refractivity contribution is 9.10. The van der Waals surface area contributed by atoms with Crippen LogP contribution >= 0.6 is 27.7 Å². The smallest absolute Gasteiger partial charge is 0.108 e. The molecule has 3 rings (SSSR count). The van der Waals surface area contributed by atoms with Gasteiger partial charge in [0.05, 0.1) is 6.07 Å². The Kier molecular flexibility index (Phi) is 3.20. The molecular weight excluding hydrogens is 306 g/mol. The Balaban J connectivity index is 1.71. The third-order valence-electron chi connectivity index (χ3n) is 4.32. The minimum atomic E-state index is -0.155. The molecule has 2 saturated carbocycles. The fraction of sp³-hybridized carbons (Fsp3) is 0.533. The van der Waals surface area contributed by atoms with Crippen LogP contribution in [0.15, 0.2) is 33.6 Å². The van der Waals surface area contributed by atoms with Gasteiger partial charge in [0.1, 0.15) is 4.75 Å². The predicted octanol–water partition coefficient (Wildman–Crippen LogP) is 5.16. The Bertz CT molecular complexity index is 474. The molecule has 18 heavy (non-hydrogen) atoms. The van der Waals surface area contributed by atoms with Gasteiger partial charge >= 0.3 is 0 Å². The van der Waals surface area contributed by atoms with Crippen molar-refractivity contribution >= 4 is 27.7 Å². The number of thioether (sulfide) groups is 1. The summed E-state index contributed by atoms with van der Waals surface area (Å²) in [5, 5.41) is 9.52. The van der Waals surface area contributed by atoms with Crippen molar-refractivity contribution in [2.75, 3.05) is 0 Å². The molecule has 2 fully saturated rings. The largest absolute Gasteiger partial charge is 0.197 e. The van der Waals surface area contributed by atoms with Crippen molar-refractivity contribution < 1.29 is 0 Å². The summed E-state index contributed by atoms with van der Waals surface area (Å²) in [4.78, 5) is 1.22. The van der Waals surface area contributed by atoms with Crippen molar-refractivity contribution in [2.45, 2.75) is 48.2 Å². The van der Waals surface area contributed by atoms with Crippen LogP contribution < -0.4 is 0 Å². The summed E-state index contributed by atoms with van der Waals surface area (Å²) in [7, 11) is 0. The SMILES string of the molecule is N#CC1(Sc2ccc(Br)cc2)CC2(CCCC2)C1. The second kappa shape index (κ2) is 4.58. The van der Waals surface area contributed by atoms with Crippen LogP contribution in [0.1, 0.15) is 38.5 Å². The number of nitriles is 1. The van der Waals surface area contributed by atoms with E-state index in [4.69, 9.17) is 0 Å². The minimum Gasteiger partial charge on any atom is -0.197 e. The first-order valence-corrected chi connectivity index (χ1v) is 8.12. The van der Waals surface area contributed by atoms with Gasteiger partial charge in [0.25, 0.3) is 0 Å². The van der Waals surface area contributed by atoms with Crippen molar-refractivity contribution in [3.8, 4) is 6.07 Å². The van der Waals surface area contributed by atoms with E-state index in [1.165, 1.54) is 30.6 Å². The molecule has 0 atom stereocenters. The lowest BCUT2D eigenvalue weighted by atomic mass is 9.61. The number of benzene rings is 1. The number of nitrogens with zero attached hydrogens (tertiary/aromatic N) is 1. The van der Waals surface area contributed by atoms with Crippen LogP contribution in [0.25, 0.3) is 0 Å². The fourth-order valence-corrected chi connectivity index (χ4v) is 5.33. The molecule has 0 amide bonds. The van der Waals surface area contributed by atoms with Gasteiger partial charge in [0.2, 0.25) is 0 Å². The molecule has 1 aromatic carbocycles. The number of rotatable bonds is 2. The highest BCUT2D eigenvalue weighted by atomic mass is 79.9. The lowest BCUT2D eigenvalue weighted by Crippen LogP contribution is -2.47. The van der Waals surface area contributed by atoms with Crippen LogP contribution in [0.2, 0.25) is 0 Å². The Morgan fingerprint density at radius 1 is 1.11 bits per heavy atom. The van der Waals surface area contributed by atoms with Gasteiger partial charge in [-0.2, -0.15) is 5.26 Å². The zero-order valence-electron chi connectivity index (χ0n) is 10.3. The fourth-order valence-electron chi connectivity index (χ4n) is 3.54. The van der Waals surface area contributed by atoms with Gasteiger partial charge in [0.15, 0.2) is 0 Å². The summed E-state index contributed by atoms with van der Waals surface area (Å²) in [6.07, 6.45) is 7.61. The van der Waals surface area contributed by atoms with E-state index in [9.17, 15) is 5.26 Å². The number of hydrogen-bond donors (Lipinski definition) is 0. The average Bonchev–Trinajstić information content (AvgIpc) is 2.80. The van der Waals surface area contributed by atoms with E-state index in [0.29, 0.717) is 5.41 Å².